The fourth-order valence-corrected chi connectivity index (χ4v) is 3.16. The second kappa shape index (κ2) is 5.80. The predicted molar refractivity (Wildman–Crippen MR) is 83.9 cm³/mol. The number of benzene rings is 1. The molecule has 1 aromatic carbocycles. The van der Waals surface area contributed by atoms with Gasteiger partial charge in [-0.25, -0.2) is 0 Å². The average Bonchev–Trinajstić information content (AvgIpc) is 2.85. The minimum Gasteiger partial charge on any atom is -0.497 e. The Bertz CT molecular complexity index is 654. The molecule has 0 bridgehead atoms. The minimum absolute atomic E-state index is 0.00886. The first-order valence-electron chi connectivity index (χ1n) is 7.66. The summed E-state index contributed by atoms with van der Waals surface area (Å²) in [5.74, 6) is 0.818. The van der Waals surface area contributed by atoms with Gasteiger partial charge in [-0.15, -0.1) is 0 Å². The van der Waals surface area contributed by atoms with Crippen LogP contribution >= 0.6 is 0 Å². The Morgan fingerprint density at radius 1 is 1.29 bits per heavy atom. The summed E-state index contributed by atoms with van der Waals surface area (Å²) in [6.45, 7) is 1.98. The second-order valence-corrected chi connectivity index (χ2v) is 5.84. The number of nitrogens with one attached hydrogen (secondary N) is 2. The molecule has 0 spiro atoms. The number of carbonyl (C=O) groups excluding carboxylic acids is 1. The van der Waals surface area contributed by atoms with Gasteiger partial charge in [0.1, 0.15) is 11.4 Å². The van der Waals surface area contributed by atoms with Crippen LogP contribution in [0.5, 0.6) is 5.75 Å². The molecule has 1 aliphatic rings. The van der Waals surface area contributed by atoms with Gasteiger partial charge in [0.2, 0.25) is 0 Å². The van der Waals surface area contributed by atoms with Crippen molar-refractivity contribution in [3.05, 3.63) is 29.5 Å². The Hall–Kier alpha value is -1.97. The van der Waals surface area contributed by atoms with Crippen molar-refractivity contribution in [3.8, 4) is 5.75 Å². The summed E-state index contributed by atoms with van der Waals surface area (Å²) in [5, 5.41) is 4.21. The van der Waals surface area contributed by atoms with E-state index in [0.29, 0.717) is 11.7 Å². The fourth-order valence-electron chi connectivity index (χ4n) is 3.16. The Labute approximate surface area is 124 Å². The number of hydrogen-bond donors (Lipinski definition) is 2. The highest BCUT2D eigenvalue weighted by Gasteiger charge is 2.20. The molecule has 1 heterocycles. The van der Waals surface area contributed by atoms with Gasteiger partial charge in [0.05, 0.1) is 7.11 Å². The molecule has 1 aliphatic carbocycles. The lowest BCUT2D eigenvalue weighted by Gasteiger charge is -2.22. The standard InChI is InChI=1S/C17H22N2O2/c1-11-14-10-13(21-2)8-9-15(14)19-16(11)17(20)18-12-6-4-3-5-7-12/h8-10,12,19H,3-7H2,1-2H3,(H,18,20). The summed E-state index contributed by atoms with van der Waals surface area (Å²) < 4.78 is 5.25. The number of aromatic amines is 1. The van der Waals surface area contributed by atoms with Crippen LogP contribution in [-0.2, 0) is 0 Å². The van der Waals surface area contributed by atoms with Gasteiger partial charge in [0.25, 0.3) is 5.91 Å². The van der Waals surface area contributed by atoms with E-state index in [0.717, 1.165) is 35.1 Å². The quantitative estimate of drug-likeness (QED) is 0.906. The number of rotatable bonds is 3. The van der Waals surface area contributed by atoms with Crippen LogP contribution in [0.15, 0.2) is 18.2 Å². The number of hydrogen-bond acceptors (Lipinski definition) is 2. The zero-order chi connectivity index (χ0) is 14.8. The first-order valence-corrected chi connectivity index (χ1v) is 7.66. The molecule has 0 unspecified atom stereocenters. The number of H-pyrrole nitrogens is 1. The molecule has 4 heteroatoms. The van der Waals surface area contributed by atoms with Crippen molar-refractivity contribution >= 4 is 16.8 Å². The van der Waals surface area contributed by atoms with Gasteiger partial charge in [0.15, 0.2) is 0 Å². The maximum absolute atomic E-state index is 12.5. The number of amides is 1. The van der Waals surface area contributed by atoms with Gasteiger partial charge in [-0.3, -0.25) is 4.79 Å². The van der Waals surface area contributed by atoms with Gasteiger partial charge < -0.3 is 15.0 Å². The molecule has 1 fully saturated rings. The van der Waals surface area contributed by atoms with Crippen molar-refractivity contribution in [1.82, 2.24) is 10.3 Å². The van der Waals surface area contributed by atoms with E-state index >= 15 is 0 Å². The molecule has 1 amide bonds. The van der Waals surface area contributed by atoms with Crippen molar-refractivity contribution in [2.24, 2.45) is 0 Å². The summed E-state index contributed by atoms with van der Waals surface area (Å²) >= 11 is 0. The molecule has 2 aromatic rings. The molecule has 1 saturated carbocycles. The number of aryl methyl sites for hydroxylation is 1. The van der Waals surface area contributed by atoms with Crippen LogP contribution in [0.3, 0.4) is 0 Å². The highest BCUT2D eigenvalue weighted by molar-refractivity contribution is 6.01. The maximum atomic E-state index is 12.5. The van der Waals surface area contributed by atoms with E-state index in [-0.39, 0.29) is 5.91 Å². The van der Waals surface area contributed by atoms with Crippen LogP contribution in [-0.4, -0.2) is 24.0 Å². The number of methoxy groups -OCH3 is 1. The van der Waals surface area contributed by atoms with E-state index in [2.05, 4.69) is 10.3 Å². The van der Waals surface area contributed by atoms with Crippen LogP contribution in [0.1, 0.15) is 48.2 Å². The summed E-state index contributed by atoms with van der Waals surface area (Å²) in [5.41, 5.74) is 2.63. The van der Waals surface area contributed by atoms with E-state index in [4.69, 9.17) is 4.74 Å². The minimum atomic E-state index is 0.00886. The third kappa shape index (κ3) is 2.75. The molecule has 4 nitrogen and oxygen atoms in total. The molecule has 3 rings (SSSR count). The lowest BCUT2D eigenvalue weighted by atomic mass is 9.95. The van der Waals surface area contributed by atoms with Crippen LogP contribution in [0.25, 0.3) is 10.9 Å². The van der Waals surface area contributed by atoms with E-state index in [9.17, 15) is 4.79 Å². The molecule has 1 aromatic heterocycles. The molecule has 112 valence electrons. The SMILES string of the molecule is COc1ccc2[nH]c(C(=O)NC3CCCCC3)c(C)c2c1. The molecule has 2 N–H and O–H groups in total. The topological polar surface area (TPSA) is 54.1 Å². The van der Waals surface area contributed by atoms with E-state index in [1.165, 1.54) is 19.3 Å². The third-order valence-corrected chi connectivity index (χ3v) is 4.43. The molecular formula is C17H22N2O2. The van der Waals surface area contributed by atoms with Gasteiger partial charge in [-0.05, 0) is 43.5 Å². The zero-order valence-corrected chi connectivity index (χ0v) is 12.7. The molecule has 0 aliphatic heterocycles. The van der Waals surface area contributed by atoms with Crippen molar-refractivity contribution in [2.75, 3.05) is 7.11 Å². The Kier molecular flexibility index (Phi) is 3.86. The van der Waals surface area contributed by atoms with Crippen LogP contribution < -0.4 is 10.1 Å². The van der Waals surface area contributed by atoms with Gasteiger partial charge in [-0.2, -0.15) is 0 Å². The first kappa shape index (κ1) is 14.0. The van der Waals surface area contributed by atoms with Crippen LogP contribution in [0, 0.1) is 6.92 Å². The van der Waals surface area contributed by atoms with Crippen molar-refractivity contribution in [2.45, 2.75) is 45.1 Å². The summed E-state index contributed by atoms with van der Waals surface area (Å²) in [6.07, 6.45) is 5.91. The largest absolute Gasteiger partial charge is 0.497 e. The van der Waals surface area contributed by atoms with Gasteiger partial charge >= 0.3 is 0 Å². The fraction of sp³-hybridized carbons (Fsp3) is 0.471. The molecule has 21 heavy (non-hydrogen) atoms. The van der Waals surface area contributed by atoms with E-state index < -0.39 is 0 Å². The zero-order valence-electron chi connectivity index (χ0n) is 12.7. The van der Waals surface area contributed by atoms with E-state index in [1.807, 2.05) is 25.1 Å². The van der Waals surface area contributed by atoms with Crippen molar-refractivity contribution in [1.29, 1.82) is 0 Å². The predicted octanol–water partition coefficient (Wildman–Crippen LogP) is 3.55. The van der Waals surface area contributed by atoms with Crippen LogP contribution in [0.2, 0.25) is 0 Å². The lowest BCUT2D eigenvalue weighted by Crippen LogP contribution is -2.36. The molecule has 0 saturated heterocycles. The highest BCUT2D eigenvalue weighted by Crippen LogP contribution is 2.26. The number of aromatic nitrogens is 1. The monoisotopic (exact) mass is 286 g/mol. The maximum Gasteiger partial charge on any atom is 0.268 e. The number of ether oxygens (including phenoxy) is 1. The normalized spacial score (nSPS) is 16.1. The van der Waals surface area contributed by atoms with Crippen LogP contribution in [0.4, 0.5) is 0 Å². The Balaban J connectivity index is 1.85. The Morgan fingerprint density at radius 2 is 2.05 bits per heavy atom. The smallest absolute Gasteiger partial charge is 0.268 e. The van der Waals surface area contributed by atoms with Gasteiger partial charge in [0, 0.05) is 16.9 Å². The molecular weight excluding hydrogens is 264 g/mol. The molecule has 0 atom stereocenters. The summed E-state index contributed by atoms with van der Waals surface area (Å²) in [4.78, 5) is 15.7. The second-order valence-electron chi connectivity index (χ2n) is 5.84. The summed E-state index contributed by atoms with van der Waals surface area (Å²) in [6, 6.07) is 6.16. The van der Waals surface area contributed by atoms with Crippen molar-refractivity contribution < 1.29 is 9.53 Å². The highest BCUT2D eigenvalue weighted by atomic mass is 16.5. The molecule has 0 radical (unpaired) electrons. The third-order valence-electron chi connectivity index (χ3n) is 4.43. The lowest BCUT2D eigenvalue weighted by molar-refractivity contribution is 0.0923. The van der Waals surface area contributed by atoms with Crippen molar-refractivity contribution in [3.63, 3.8) is 0 Å². The summed E-state index contributed by atoms with van der Waals surface area (Å²) in [7, 11) is 1.65. The van der Waals surface area contributed by atoms with E-state index in [1.54, 1.807) is 7.11 Å². The van der Waals surface area contributed by atoms with Gasteiger partial charge in [-0.1, -0.05) is 19.3 Å². The first-order chi connectivity index (χ1) is 10.2. The number of carbonyl (C=O) groups is 1. The average molecular weight is 286 g/mol. The Morgan fingerprint density at radius 3 is 2.76 bits per heavy atom. The number of fused-ring (bicyclic) bond motifs is 1.